The fourth-order valence-electron chi connectivity index (χ4n) is 1.28. The second kappa shape index (κ2) is 2.85. The molecule has 0 aliphatic heterocycles. The van der Waals surface area contributed by atoms with Crippen LogP contribution in [0.4, 0.5) is 0 Å². The predicted molar refractivity (Wildman–Crippen MR) is 46.8 cm³/mol. The molecular weight excluding hydrogens is 152 g/mol. The van der Waals surface area contributed by atoms with E-state index in [2.05, 4.69) is 0 Å². The van der Waals surface area contributed by atoms with Gasteiger partial charge in [0.05, 0.1) is 0 Å². The van der Waals surface area contributed by atoms with E-state index in [-0.39, 0.29) is 11.6 Å². The van der Waals surface area contributed by atoms with Crippen molar-refractivity contribution < 1.29 is 9.59 Å². The first-order chi connectivity index (χ1) is 5.43. The molecule has 0 saturated heterocycles. The van der Waals surface area contributed by atoms with Gasteiger partial charge in [0.15, 0.2) is 5.78 Å². The highest BCUT2D eigenvalue weighted by atomic mass is 16.1. The van der Waals surface area contributed by atoms with E-state index in [1.54, 1.807) is 13.0 Å². The van der Waals surface area contributed by atoms with Gasteiger partial charge < -0.3 is 0 Å². The molecule has 1 aliphatic carbocycles. The van der Waals surface area contributed by atoms with Crippen molar-refractivity contribution in [2.75, 3.05) is 0 Å². The monoisotopic (exact) mass is 166 g/mol. The van der Waals surface area contributed by atoms with Gasteiger partial charge in [0.2, 0.25) is 0 Å². The molecule has 0 saturated carbocycles. The third kappa shape index (κ3) is 1.63. The normalized spacial score (nSPS) is 23.4. The van der Waals surface area contributed by atoms with E-state index in [4.69, 9.17) is 0 Å². The van der Waals surface area contributed by atoms with Crippen LogP contribution in [0, 0.1) is 5.41 Å². The molecule has 0 aromatic rings. The number of allylic oxidation sites excluding steroid dienone is 2. The molecule has 0 radical (unpaired) electrons. The molecule has 1 aliphatic rings. The molecule has 0 aromatic heterocycles. The Morgan fingerprint density at radius 1 is 1.33 bits per heavy atom. The maximum absolute atomic E-state index is 11.4. The molecule has 0 N–H and O–H groups in total. The van der Waals surface area contributed by atoms with Gasteiger partial charge in [0.25, 0.3) is 0 Å². The second-order valence-corrected chi connectivity index (χ2v) is 4.00. The van der Waals surface area contributed by atoms with E-state index in [9.17, 15) is 9.59 Å². The maximum Gasteiger partial charge on any atom is 0.159 e. The summed E-state index contributed by atoms with van der Waals surface area (Å²) in [6, 6.07) is 0. The van der Waals surface area contributed by atoms with Crippen molar-refractivity contribution in [2.24, 2.45) is 5.41 Å². The van der Waals surface area contributed by atoms with E-state index in [0.717, 1.165) is 5.57 Å². The Bertz CT molecular complexity index is 259. The van der Waals surface area contributed by atoms with Crippen LogP contribution in [0.1, 0.15) is 33.6 Å². The number of ketones is 2. The van der Waals surface area contributed by atoms with Crippen LogP contribution in [-0.4, -0.2) is 11.6 Å². The highest BCUT2D eigenvalue weighted by Gasteiger charge is 2.31. The van der Waals surface area contributed by atoms with E-state index in [1.807, 2.05) is 13.8 Å². The van der Waals surface area contributed by atoms with Crippen molar-refractivity contribution in [3.8, 4) is 0 Å². The van der Waals surface area contributed by atoms with Gasteiger partial charge in [-0.15, -0.1) is 0 Å². The van der Waals surface area contributed by atoms with Crippen molar-refractivity contribution in [1.82, 2.24) is 0 Å². The second-order valence-electron chi connectivity index (χ2n) is 4.00. The van der Waals surface area contributed by atoms with Crippen molar-refractivity contribution >= 4 is 11.6 Å². The van der Waals surface area contributed by atoms with E-state index < -0.39 is 5.41 Å². The Morgan fingerprint density at radius 2 is 1.92 bits per heavy atom. The maximum atomic E-state index is 11.4. The molecule has 0 fully saturated rings. The van der Waals surface area contributed by atoms with Crippen molar-refractivity contribution in [3.05, 3.63) is 11.6 Å². The summed E-state index contributed by atoms with van der Waals surface area (Å²) in [5.74, 6) is 0.263. The van der Waals surface area contributed by atoms with Gasteiger partial charge in [-0.3, -0.25) is 9.59 Å². The largest absolute Gasteiger partial charge is 0.299 e. The summed E-state index contributed by atoms with van der Waals surface area (Å²) in [5, 5.41) is 0. The molecule has 66 valence electrons. The summed E-state index contributed by atoms with van der Waals surface area (Å²) >= 11 is 0. The van der Waals surface area contributed by atoms with Gasteiger partial charge in [0.1, 0.15) is 5.78 Å². The molecule has 0 aromatic carbocycles. The zero-order valence-corrected chi connectivity index (χ0v) is 7.81. The summed E-state index contributed by atoms with van der Waals surface area (Å²) in [6.07, 6.45) is 2.50. The number of Topliss-reactive ketones (excluding diaryl/α,β-unsaturated/α-hetero) is 2. The van der Waals surface area contributed by atoms with Crippen LogP contribution in [0.2, 0.25) is 0 Å². The SMILES string of the molecule is CC1=CCC(=O)C(C)(C)CC1=O. The van der Waals surface area contributed by atoms with Gasteiger partial charge >= 0.3 is 0 Å². The molecule has 2 nitrogen and oxygen atoms in total. The highest BCUT2D eigenvalue weighted by Crippen LogP contribution is 2.28. The molecule has 12 heavy (non-hydrogen) atoms. The van der Waals surface area contributed by atoms with Crippen LogP contribution in [0.15, 0.2) is 11.6 Å². The van der Waals surface area contributed by atoms with E-state index in [0.29, 0.717) is 12.8 Å². The summed E-state index contributed by atoms with van der Waals surface area (Å²) in [6.45, 7) is 5.44. The Labute approximate surface area is 72.7 Å². The molecule has 0 amide bonds. The lowest BCUT2D eigenvalue weighted by molar-refractivity contribution is -0.129. The van der Waals surface area contributed by atoms with E-state index in [1.165, 1.54) is 0 Å². The average molecular weight is 166 g/mol. The summed E-state index contributed by atoms with van der Waals surface area (Å²) in [5.41, 5.74) is 0.264. The zero-order chi connectivity index (χ0) is 9.35. The molecule has 0 bridgehead atoms. The molecule has 0 unspecified atom stereocenters. The first-order valence-corrected chi connectivity index (χ1v) is 4.17. The molecule has 2 heteroatoms. The number of hydrogen-bond acceptors (Lipinski definition) is 2. The van der Waals surface area contributed by atoms with Crippen LogP contribution in [0.25, 0.3) is 0 Å². The highest BCUT2D eigenvalue weighted by molar-refractivity contribution is 6.01. The lowest BCUT2D eigenvalue weighted by atomic mass is 9.83. The molecule has 1 rings (SSSR count). The molecular formula is C10H14O2. The number of rotatable bonds is 0. The van der Waals surface area contributed by atoms with Crippen molar-refractivity contribution in [1.29, 1.82) is 0 Å². The number of hydrogen-bond donors (Lipinski definition) is 0. The Balaban J connectivity index is 2.94. The minimum absolute atomic E-state index is 0.103. The molecule has 0 heterocycles. The third-order valence-corrected chi connectivity index (χ3v) is 2.39. The van der Waals surface area contributed by atoms with Crippen LogP contribution < -0.4 is 0 Å². The quantitative estimate of drug-likeness (QED) is 0.550. The minimum atomic E-state index is -0.467. The predicted octanol–water partition coefficient (Wildman–Crippen LogP) is 1.89. The fraction of sp³-hybridized carbons (Fsp3) is 0.600. The Kier molecular flexibility index (Phi) is 2.18. The third-order valence-electron chi connectivity index (χ3n) is 2.39. The summed E-state index contributed by atoms with van der Waals surface area (Å²) in [7, 11) is 0. The molecule has 0 spiro atoms. The van der Waals surface area contributed by atoms with Crippen molar-refractivity contribution in [2.45, 2.75) is 33.6 Å². The van der Waals surface area contributed by atoms with Crippen LogP contribution in [-0.2, 0) is 9.59 Å². The van der Waals surface area contributed by atoms with E-state index >= 15 is 0 Å². The lowest BCUT2D eigenvalue weighted by Crippen LogP contribution is -2.25. The standard InChI is InChI=1S/C10H14O2/c1-7-4-5-9(12)10(2,3)6-8(7)11/h4H,5-6H2,1-3H3. The Hall–Kier alpha value is -0.920. The first kappa shape index (κ1) is 9.17. The lowest BCUT2D eigenvalue weighted by Gasteiger charge is -2.18. The zero-order valence-electron chi connectivity index (χ0n) is 7.81. The van der Waals surface area contributed by atoms with Gasteiger partial charge in [-0.25, -0.2) is 0 Å². The van der Waals surface area contributed by atoms with Crippen LogP contribution in [0.3, 0.4) is 0 Å². The molecule has 0 atom stereocenters. The van der Waals surface area contributed by atoms with Crippen molar-refractivity contribution in [3.63, 3.8) is 0 Å². The summed E-state index contributed by atoms with van der Waals surface area (Å²) in [4.78, 5) is 22.8. The van der Waals surface area contributed by atoms with Gasteiger partial charge in [-0.1, -0.05) is 19.9 Å². The van der Waals surface area contributed by atoms with Gasteiger partial charge in [-0.2, -0.15) is 0 Å². The van der Waals surface area contributed by atoms with Crippen LogP contribution >= 0.6 is 0 Å². The number of carbonyl (C=O) groups is 2. The van der Waals surface area contributed by atoms with Gasteiger partial charge in [0, 0.05) is 18.3 Å². The number of carbonyl (C=O) groups excluding carboxylic acids is 2. The first-order valence-electron chi connectivity index (χ1n) is 4.17. The Morgan fingerprint density at radius 3 is 2.50 bits per heavy atom. The minimum Gasteiger partial charge on any atom is -0.299 e. The topological polar surface area (TPSA) is 34.1 Å². The van der Waals surface area contributed by atoms with Crippen LogP contribution in [0.5, 0.6) is 0 Å². The van der Waals surface area contributed by atoms with Gasteiger partial charge in [-0.05, 0) is 12.5 Å². The smallest absolute Gasteiger partial charge is 0.159 e. The fourth-order valence-corrected chi connectivity index (χ4v) is 1.28. The average Bonchev–Trinajstić information content (AvgIpc) is 2.03. The summed E-state index contributed by atoms with van der Waals surface area (Å²) < 4.78 is 0.